The number of hydrogen-bond acceptors (Lipinski definition) is 6. The van der Waals surface area contributed by atoms with Crippen molar-refractivity contribution in [1.82, 2.24) is 14.8 Å². The van der Waals surface area contributed by atoms with Crippen molar-refractivity contribution in [1.29, 1.82) is 0 Å². The summed E-state index contributed by atoms with van der Waals surface area (Å²) in [6, 6.07) is 9.54. The molecule has 3 aromatic rings. The first kappa shape index (κ1) is 19.9. The Bertz CT molecular complexity index is 1050. The highest BCUT2D eigenvalue weighted by atomic mass is 16.5. The number of rotatable bonds is 6. The predicted molar refractivity (Wildman–Crippen MR) is 115 cm³/mol. The molecule has 0 bridgehead atoms. The Kier molecular flexibility index (Phi) is 5.65. The van der Waals surface area contributed by atoms with Gasteiger partial charge >= 0.3 is 5.97 Å². The molecule has 1 N–H and O–H groups in total. The zero-order valence-electron chi connectivity index (χ0n) is 17.2. The fraction of sp³-hybridized carbons (Fsp3) is 0.364. The number of ether oxygens (including phenoxy) is 1. The number of fused-ring (bicyclic) bond motifs is 1. The highest BCUT2D eigenvalue weighted by Gasteiger charge is 2.15. The molecule has 0 atom stereocenters. The van der Waals surface area contributed by atoms with Crippen LogP contribution in [0.4, 0.5) is 11.4 Å². The Morgan fingerprint density at radius 2 is 1.87 bits per heavy atom. The van der Waals surface area contributed by atoms with Crippen molar-refractivity contribution >= 4 is 34.3 Å². The van der Waals surface area contributed by atoms with Crippen molar-refractivity contribution in [3.05, 3.63) is 48.3 Å². The molecule has 8 heteroatoms. The minimum Gasteiger partial charge on any atom is -0.452 e. The van der Waals surface area contributed by atoms with Crippen LogP contribution in [0.2, 0.25) is 0 Å². The second-order valence-corrected chi connectivity index (χ2v) is 7.69. The Labute approximate surface area is 174 Å². The molecule has 0 unspecified atom stereocenters. The first-order valence-electron chi connectivity index (χ1n) is 10.2. The van der Waals surface area contributed by atoms with Crippen LogP contribution >= 0.6 is 0 Å². The predicted octanol–water partition coefficient (Wildman–Crippen LogP) is 3.41. The maximum absolute atomic E-state index is 12.3. The van der Waals surface area contributed by atoms with Crippen molar-refractivity contribution < 1.29 is 14.3 Å². The van der Waals surface area contributed by atoms with Crippen molar-refractivity contribution in [3.8, 4) is 0 Å². The Balaban J connectivity index is 1.32. The average Bonchev–Trinajstić information content (AvgIpc) is 3.42. The van der Waals surface area contributed by atoms with E-state index in [1.54, 1.807) is 16.9 Å². The molecule has 0 radical (unpaired) electrons. The number of hydrogen-bond donors (Lipinski definition) is 1. The molecule has 1 aliphatic rings. The molecule has 8 nitrogen and oxygen atoms in total. The molecule has 0 saturated carbocycles. The smallest absolute Gasteiger partial charge is 0.340 e. The van der Waals surface area contributed by atoms with Gasteiger partial charge in [-0.15, -0.1) is 0 Å². The maximum Gasteiger partial charge on any atom is 0.340 e. The number of carbonyl (C=O) groups is 2. The van der Waals surface area contributed by atoms with Crippen LogP contribution in [0.3, 0.4) is 0 Å². The number of pyridine rings is 1. The lowest BCUT2D eigenvalue weighted by Crippen LogP contribution is -2.21. The molecular formula is C22H25N5O3. The number of aromatic nitrogens is 3. The van der Waals surface area contributed by atoms with E-state index in [1.807, 2.05) is 38.1 Å². The number of carbonyl (C=O) groups excluding carboxylic acids is 2. The van der Waals surface area contributed by atoms with Crippen LogP contribution < -0.4 is 10.2 Å². The van der Waals surface area contributed by atoms with E-state index in [-0.39, 0.29) is 24.1 Å². The maximum atomic E-state index is 12.3. The number of anilines is 2. The highest BCUT2D eigenvalue weighted by Crippen LogP contribution is 2.22. The summed E-state index contributed by atoms with van der Waals surface area (Å²) in [6.07, 6.45) is 5.54. The number of nitrogens with one attached hydrogen (secondary N) is 1. The van der Waals surface area contributed by atoms with Gasteiger partial charge in [0.05, 0.1) is 11.8 Å². The summed E-state index contributed by atoms with van der Waals surface area (Å²) in [6.45, 7) is 5.79. The van der Waals surface area contributed by atoms with Gasteiger partial charge in [0.15, 0.2) is 12.3 Å². The van der Waals surface area contributed by atoms with Gasteiger partial charge in [0.25, 0.3) is 5.91 Å². The third-order valence-electron chi connectivity index (χ3n) is 5.11. The van der Waals surface area contributed by atoms with E-state index in [0.717, 1.165) is 24.2 Å². The molecule has 156 valence electrons. The molecule has 4 rings (SSSR count). The number of benzene rings is 1. The standard InChI is InChI=1S/C22H25N5O3/c1-15(2)27-21-16(13-24-27)11-17(12-23-21)22(29)30-14-20(28)25-18-5-7-19(8-6-18)26-9-3-4-10-26/h5-8,11-13,15H,3-4,9-10,14H2,1-2H3,(H,25,28). The fourth-order valence-electron chi connectivity index (χ4n) is 3.57. The summed E-state index contributed by atoms with van der Waals surface area (Å²) in [5.41, 5.74) is 2.81. The summed E-state index contributed by atoms with van der Waals surface area (Å²) < 4.78 is 6.93. The second kappa shape index (κ2) is 8.52. The van der Waals surface area contributed by atoms with E-state index in [4.69, 9.17) is 4.74 Å². The molecule has 0 spiro atoms. The number of esters is 1. The first-order valence-corrected chi connectivity index (χ1v) is 10.2. The minimum absolute atomic E-state index is 0.168. The molecule has 3 heterocycles. The zero-order chi connectivity index (χ0) is 21.1. The number of nitrogens with zero attached hydrogens (tertiary/aromatic N) is 4. The molecule has 1 aromatic carbocycles. The molecule has 0 aliphatic carbocycles. The van der Waals surface area contributed by atoms with Crippen molar-refractivity contribution in [2.24, 2.45) is 0 Å². The van der Waals surface area contributed by atoms with Crippen LogP contribution in [-0.4, -0.2) is 46.3 Å². The summed E-state index contributed by atoms with van der Waals surface area (Å²) >= 11 is 0. The molecular weight excluding hydrogens is 382 g/mol. The monoisotopic (exact) mass is 407 g/mol. The van der Waals surface area contributed by atoms with Gasteiger partial charge < -0.3 is 15.0 Å². The van der Waals surface area contributed by atoms with Gasteiger partial charge in [-0.25, -0.2) is 14.5 Å². The third kappa shape index (κ3) is 4.27. The molecule has 2 aromatic heterocycles. The lowest BCUT2D eigenvalue weighted by molar-refractivity contribution is -0.119. The average molecular weight is 407 g/mol. The van der Waals surface area contributed by atoms with Crippen LogP contribution in [0.1, 0.15) is 43.1 Å². The summed E-state index contributed by atoms with van der Waals surface area (Å²) in [7, 11) is 0. The molecule has 30 heavy (non-hydrogen) atoms. The van der Waals surface area contributed by atoms with Crippen LogP contribution in [0.25, 0.3) is 11.0 Å². The van der Waals surface area contributed by atoms with E-state index < -0.39 is 5.97 Å². The lowest BCUT2D eigenvalue weighted by Gasteiger charge is -2.17. The van der Waals surface area contributed by atoms with Gasteiger partial charge in [-0.3, -0.25) is 4.79 Å². The van der Waals surface area contributed by atoms with Crippen LogP contribution in [0.5, 0.6) is 0 Å². The van der Waals surface area contributed by atoms with E-state index in [9.17, 15) is 9.59 Å². The molecule has 1 saturated heterocycles. The third-order valence-corrected chi connectivity index (χ3v) is 5.11. The topological polar surface area (TPSA) is 89.3 Å². The normalized spacial score (nSPS) is 13.8. The summed E-state index contributed by atoms with van der Waals surface area (Å²) in [4.78, 5) is 31.1. The molecule has 1 fully saturated rings. The van der Waals surface area contributed by atoms with Crippen molar-refractivity contribution in [2.75, 3.05) is 29.9 Å². The zero-order valence-corrected chi connectivity index (χ0v) is 17.2. The minimum atomic E-state index is -0.596. The quantitative estimate of drug-likeness (QED) is 0.630. The van der Waals surface area contributed by atoms with Gasteiger partial charge in [-0.05, 0) is 57.0 Å². The Hall–Kier alpha value is -3.42. The van der Waals surface area contributed by atoms with Crippen molar-refractivity contribution in [2.45, 2.75) is 32.7 Å². The van der Waals surface area contributed by atoms with Gasteiger partial charge in [0, 0.05) is 42.1 Å². The SMILES string of the molecule is CC(C)n1ncc2cc(C(=O)OCC(=O)Nc3ccc(N4CCCC4)cc3)cnc21. The van der Waals surface area contributed by atoms with Crippen LogP contribution in [-0.2, 0) is 9.53 Å². The van der Waals surface area contributed by atoms with Gasteiger partial charge in [-0.2, -0.15) is 5.10 Å². The first-order chi connectivity index (χ1) is 14.5. The Morgan fingerprint density at radius 1 is 1.13 bits per heavy atom. The van der Waals surface area contributed by atoms with E-state index in [1.165, 1.54) is 19.0 Å². The van der Waals surface area contributed by atoms with Crippen molar-refractivity contribution in [3.63, 3.8) is 0 Å². The summed E-state index contributed by atoms with van der Waals surface area (Å²) in [5.74, 6) is -0.986. The van der Waals surface area contributed by atoms with E-state index in [0.29, 0.717) is 11.3 Å². The van der Waals surface area contributed by atoms with Gasteiger partial charge in [-0.1, -0.05) is 0 Å². The number of amides is 1. The largest absolute Gasteiger partial charge is 0.452 e. The van der Waals surface area contributed by atoms with Crippen LogP contribution in [0.15, 0.2) is 42.7 Å². The molecule has 1 amide bonds. The molecule has 1 aliphatic heterocycles. The lowest BCUT2D eigenvalue weighted by atomic mass is 10.2. The highest BCUT2D eigenvalue weighted by molar-refractivity contribution is 5.96. The summed E-state index contributed by atoms with van der Waals surface area (Å²) in [5, 5.41) is 7.78. The van der Waals surface area contributed by atoms with E-state index in [2.05, 4.69) is 20.3 Å². The Morgan fingerprint density at radius 3 is 2.57 bits per heavy atom. The van der Waals surface area contributed by atoms with Gasteiger partial charge in [0.1, 0.15) is 0 Å². The van der Waals surface area contributed by atoms with Crippen LogP contribution in [0, 0.1) is 0 Å². The van der Waals surface area contributed by atoms with E-state index >= 15 is 0 Å². The fourth-order valence-corrected chi connectivity index (χ4v) is 3.57. The van der Waals surface area contributed by atoms with Gasteiger partial charge in [0.2, 0.25) is 0 Å². The second-order valence-electron chi connectivity index (χ2n) is 7.69.